The third-order valence-corrected chi connectivity index (χ3v) is 4.29. The maximum absolute atomic E-state index is 12.0. The maximum atomic E-state index is 12.0. The Bertz CT molecular complexity index is 1110. The van der Waals surface area contributed by atoms with Gasteiger partial charge in [0, 0.05) is 18.0 Å². The highest BCUT2D eigenvalue weighted by Crippen LogP contribution is 2.29. The smallest absolute Gasteiger partial charge is 0.336 e. The second-order valence-electron chi connectivity index (χ2n) is 5.80. The molecule has 0 aliphatic heterocycles. The summed E-state index contributed by atoms with van der Waals surface area (Å²) in [4.78, 5) is 12.0. The zero-order chi connectivity index (χ0) is 17.2. The molecule has 4 aromatic rings. The lowest BCUT2D eigenvalue weighted by Gasteiger charge is -2.13. The van der Waals surface area contributed by atoms with E-state index in [1.807, 2.05) is 54.6 Å². The lowest BCUT2D eigenvalue weighted by molar-refractivity contribution is 0.416. The van der Waals surface area contributed by atoms with Gasteiger partial charge in [0.1, 0.15) is 11.3 Å². The number of hydrogen-bond acceptors (Lipinski definition) is 4. The zero-order valence-electron chi connectivity index (χ0n) is 13.8. The predicted molar refractivity (Wildman–Crippen MR) is 100 cm³/mol. The van der Waals surface area contributed by atoms with E-state index in [1.54, 1.807) is 13.2 Å². The van der Waals surface area contributed by atoms with Crippen LogP contribution >= 0.6 is 0 Å². The molecule has 25 heavy (non-hydrogen) atoms. The van der Waals surface area contributed by atoms with Gasteiger partial charge in [-0.2, -0.15) is 0 Å². The second kappa shape index (κ2) is 6.32. The molecular weight excluding hydrogens is 314 g/mol. The Morgan fingerprint density at radius 3 is 2.68 bits per heavy atom. The molecule has 4 nitrogen and oxygen atoms in total. The number of methoxy groups -OCH3 is 1. The molecule has 0 saturated heterocycles. The molecule has 4 heteroatoms. The van der Waals surface area contributed by atoms with Gasteiger partial charge in [-0.15, -0.1) is 0 Å². The molecule has 0 bridgehead atoms. The van der Waals surface area contributed by atoms with Gasteiger partial charge in [-0.25, -0.2) is 4.79 Å². The van der Waals surface area contributed by atoms with Crippen LogP contribution in [0.1, 0.15) is 5.56 Å². The molecule has 0 aliphatic carbocycles. The highest BCUT2D eigenvalue weighted by atomic mass is 16.5. The van der Waals surface area contributed by atoms with E-state index >= 15 is 0 Å². The summed E-state index contributed by atoms with van der Waals surface area (Å²) in [7, 11) is 1.64. The van der Waals surface area contributed by atoms with E-state index in [0.29, 0.717) is 12.1 Å². The monoisotopic (exact) mass is 331 g/mol. The van der Waals surface area contributed by atoms with Crippen molar-refractivity contribution in [3.8, 4) is 5.75 Å². The number of para-hydroxylation sites is 2. The standard InChI is InChI=1S/C21H17NO3/c1-24-18-9-5-4-8-17(18)22-13-15-12-20(23)25-19-11-10-14-6-2-3-7-16(14)21(15)19/h2-12,22H,13H2,1H3. The number of fused-ring (bicyclic) bond motifs is 3. The topological polar surface area (TPSA) is 51.5 Å². The van der Waals surface area contributed by atoms with E-state index in [-0.39, 0.29) is 5.63 Å². The zero-order valence-corrected chi connectivity index (χ0v) is 13.8. The van der Waals surface area contributed by atoms with Crippen molar-refractivity contribution in [2.75, 3.05) is 12.4 Å². The number of anilines is 1. The first-order valence-electron chi connectivity index (χ1n) is 8.07. The predicted octanol–water partition coefficient (Wildman–Crippen LogP) is 4.57. The minimum absolute atomic E-state index is 0.348. The Morgan fingerprint density at radius 1 is 1.00 bits per heavy atom. The molecular formula is C21H17NO3. The van der Waals surface area contributed by atoms with E-state index < -0.39 is 0 Å². The normalized spacial score (nSPS) is 10.9. The first-order valence-corrected chi connectivity index (χ1v) is 8.07. The van der Waals surface area contributed by atoms with Crippen LogP contribution in [0.4, 0.5) is 5.69 Å². The summed E-state index contributed by atoms with van der Waals surface area (Å²) in [5, 5.41) is 6.50. The third-order valence-electron chi connectivity index (χ3n) is 4.29. The van der Waals surface area contributed by atoms with E-state index in [4.69, 9.17) is 9.15 Å². The van der Waals surface area contributed by atoms with Crippen LogP contribution in [0, 0.1) is 0 Å². The Labute approximate surface area is 144 Å². The molecule has 0 aliphatic rings. The van der Waals surface area contributed by atoms with Gasteiger partial charge in [-0.05, 0) is 34.5 Å². The SMILES string of the molecule is COc1ccccc1NCc1cc(=O)oc2ccc3ccccc3c12. The van der Waals surface area contributed by atoms with Crippen LogP contribution in [0.2, 0.25) is 0 Å². The first kappa shape index (κ1) is 15.3. The number of benzene rings is 3. The van der Waals surface area contributed by atoms with Crippen molar-refractivity contribution in [1.29, 1.82) is 0 Å². The largest absolute Gasteiger partial charge is 0.495 e. The summed E-state index contributed by atoms with van der Waals surface area (Å²) >= 11 is 0. The van der Waals surface area contributed by atoms with Crippen LogP contribution < -0.4 is 15.7 Å². The van der Waals surface area contributed by atoms with Gasteiger partial charge in [0.25, 0.3) is 0 Å². The lowest BCUT2D eigenvalue weighted by atomic mass is 10.0. The van der Waals surface area contributed by atoms with E-state index in [9.17, 15) is 4.79 Å². The molecule has 0 saturated carbocycles. The molecule has 1 N–H and O–H groups in total. The summed E-state index contributed by atoms with van der Waals surface area (Å²) in [6.45, 7) is 0.497. The molecule has 0 spiro atoms. The number of nitrogens with one attached hydrogen (secondary N) is 1. The summed E-state index contributed by atoms with van der Waals surface area (Å²) in [5.41, 5.74) is 2.03. The van der Waals surface area contributed by atoms with Crippen molar-refractivity contribution in [2.24, 2.45) is 0 Å². The van der Waals surface area contributed by atoms with Crippen LogP contribution in [0.15, 0.2) is 75.9 Å². The number of hydrogen-bond donors (Lipinski definition) is 1. The van der Waals surface area contributed by atoms with Gasteiger partial charge < -0.3 is 14.5 Å². The van der Waals surface area contributed by atoms with Gasteiger partial charge in [0.05, 0.1) is 12.8 Å². The summed E-state index contributed by atoms with van der Waals surface area (Å²) in [6, 6.07) is 21.2. The molecule has 1 heterocycles. The van der Waals surface area contributed by atoms with Gasteiger partial charge in [0.15, 0.2) is 0 Å². The molecule has 124 valence electrons. The number of ether oxygens (including phenoxy) is 1. The Hall–Kier alpha value is -3.27. The molecule has 0 amide bonds. The molecule has 0 unspecified atom stereocenters. The van der Waals surface area contributed by atoms with E-state index in [1.165, 1.54) is 0 Å². The van der Waals surface area contributed by atoms with Crippen molar-refractivity contribution >= 4 is 27.4 Å². The fourth-order valence-electron chi connectivity index (χ4n) is 3.14. The molecule has 1 aromatic heterocycles. The highest BCUT2D eigenvalue weighted by molar-refractivity contribution is 6.07. The highest BCUT2D eigenvalue weighted by Gasteiger charge is 2.10. The molecule has 0 radical (unpaired) electrons. The first-order chi connectivity index (χ1) is 12.3. The summed E-state index contributed by atoms with van der Waals surface area (Å²) in [5.74, 6) is 0.764. The molecule has 0 atom stereocenters. The lowest BCUT2D eigenvalue weighted by Crippen LogP contribution is -2.06. The van der Waals surface area contributed by atoms with Crippen molar-refractivity contribution in [2.45, 2.75) is 6.54 Å². The maximum Gasteiger partial charge on any atom is 0.336 e. The Kier molecular flexibility index (Phi) is 3.86. The molecule has 0 fully saturated rings. The van der Waals surface area contributed by atoms with Crippen LogP contribution in [0.5, 0.6) is 5.75 Å². The van der Waals surface area contributed by atoms with Crippen LogP contribution in [-0.4, -0.2) is 7.11 Å². The van der Waals surface area contributed by atoms with Gasteiger partial charge >= 0.3 is 5.63 Å². The quantitative estimate of drug-likeness (QED) is 0.440. The van der Waals surface area contributed by atoms with Crippen LogP contribution in [-0.2, 0) is 6.54 Å². The van der Waals surface area contributed by atoms with Gasteiger partial charge in [-0.3, -0.25) is 0 Å². The fourth-order valence-corrected chi connectivity index (χ4v) is 3.14. The van der Waals surface area contributed by atoms with Crippen molar-refractivity contribution in [3.63, 3.8) is 0 Å². The second-order valence-corrected chi connectivity index (χ2v) is 5.80. The Balaban J connectivity index is 1.83. The average Bonchev–Trinajstić information content (AvgIpc) is 2.65. The van der Waals surface area contributed by atoms with Crippen molar-refractivity contribution < 1.29 is 9.15 Å². The van der Waals surface area contributed by atoms with E-state index in [2.05, 4.69) is 11.4 Å². The van der Waals surface area contributed by atoms with Gasteiger partial charge in [0.2, 0.25) is 0 Å². The Morgan fingerprint density at radius 2 is 1.80 bits per heavy atom. The minimum Gasteiger partial charge on any atom is -0.495 e. The fraction of sp³-hybridized carbons (Fsp3) is 0.0952. The summed E-state index contributed by atoms with van der Waals surface area (Å²) < 4.78 is 10.8. The van der Waals surface area contributed by atoms with Gasteiger partial charge in [-0.1, -0.05) is 42.5 Å². The minimum atomic E-state index is -0.348. The van der Waals surface area contributed by atoms with Crippen LogP contribution in [0.25, 0.3) is 21.7 Å². The molecule has 3 aromatic carbocycles. The molecule has 4 rings (SSSR count). The van der Waals surface area contributed by atoms with E-state index in [0.717, 1.165) is 33.2 Å². The van der Waals surface area contributed by atoms with Crippen LogP contribution in [0.3, 0.4) is 0 Å². The summed E-state index contributed by atoms with van der Waals surface area (Å²) in [6.07, 6.45) is 0. The third kappa shape index (κ3) is 2.83. The van der Waals surface area contributed by atoms with Crippen molar-refractivity contribution in [3.05, 3.63) is 82.7 Å². The number of rotatable bonds is 4. The van der Waals surface area contributed by atoms with Crippen molar-refractivity contribution in [1.82, 2.24) is 0 Å². The average molecular weight is 331 g/mol.